The maximum Gasteiger partial charge on any atom is 0.284 e. The molecule has 0 spiro atoms. The molecule has 0 atom stereocenters. The summed E-state index contributed by atoms with van der Waals surface area (Å²) in [6, 6.07) is 10.3. The number of nitro groups is 1. The second kappa shape index (κ2) is 11.9. The lowest BCUT2D eigenvalue weighted by Crippen LogP contribution is -2.40. The van der Waals surface area contributed by atoms with Crippen LogP contribution in [0.15, 0.2) is 58.6 Å². The highest BCUT2D eigenvalue weighted by molar-refractivity contribution is 7.99. The van der Waals surface area contributed by atoms with Crippen LogP contribution in [0.1, 0.15) is 84.9 Å². The Hall–Kier alpha value is -3.46. The van der Waals surface area contributed by atoms with Gasteiger partial charge in [-0.05, 0) is 49.3 Å². The van der Waals surface area contributed by atoms with Crippen molar-refractivity contribution in [3.05, 3.63) is 70.0 Å². The third-order valence-electron chi connectivity index (χ3n) is 7.54. The molecule has 2 saturated carbocycles. The van der Waals surface area contributed by atoms with Crippen molar-refractivity contribution in [1.82, 2.24) is 15.6 Å². The van der Waals surface area contributed by atoms with E-state index >= 15 is 0 Å². The van der Waals surface area contributed by atoms with Crippen LogP contribution in [-0.2, 0) is 0 Å². The van der Waals surface area contributed by atoms with Crippen molar-refractivity contribution in [2.24, 2.45) is 0 Å². The average Bonchev–Trinajstić information content (AvgIpc) is 2.94. The van der Waals surface area contributed by atoms with Crippen LogP contribution in [0, 0.1) is 10.1 Å². The summed E-state index contributed by atoms with van der Waals surface area (Å²) >= 11 is 1.16. The van der Waals surface area contributed by atoms with Crippen molar-refractivity contribution >= 4 is 40.0 Å². The van der Waals surface area contributed by atoms with E-state index in [0.717, 1.165) is 91.6 Å². The number of carbonyl (C=O) groups excluding carboxylic acids is 2. The largest absolute Gasteiger partial charge is 0.349 e. The van der Waals surface area contributed by atoms with Crippen LogP contribution in [0.5, 0.6) is 0 Å². The van der Waals surface area contributed by atoms with E-state index in [4.69, 9.17) is 0 Å². The van der Waals surface area contributed by atoms with Crippen LogP contribution in [0.25, 0.3) is 10.8 Å². The second-order valence-electron chi connectivity index (χ2n) is 10.2. The van der Waals surface area contributed by atoms with Gasteiger partial charge in [-0.3, -0.25) is 24.7 Å². The standard InChI is InChI=1S/C29H32N4O4S/c34-28(31-20-9-3-1-4-10-20)23-14-15-24(33(36)37)27(26(23)29(35)32-21-11-5-2-6-12-21)38-25-13-7-8-19-18-30-17-16-22(19)25/h7-8,13-18,20-21H,1-6,9-12H2,(H,31,34)(H,32,35). The fraction of sp³-hybridized carbons (Fsp3) is 0.414. The smallest absolute Gasteiger partial charge is 0.284 e. The quantitative estimate of drug-likeness (QED) is 0.268. The molecule has 8 nitrogen and oxygen atoms in total. The number of carbonyl (C=O) groups is 2. The summed E-state index contributed by atoms with van der Waals surface area (Å²) in [6.45, 7) is 0. The van der Waals surface area contributed by atoms with Crippen LogP contribution >= 0.6 is 11.8 Å². The molecule has 0 unspecified atom stereocenters. The van der Waals surface area contributed by atoms with Gasteiger partial charge >= 0.3 is 0 Å². The SMILES string of the molecule is O=C(NC1CCCCC1)c1ccc([N+](=O)[O-])c(Sc2cccc3cnccc23)c1C(=O)NC1CCCCC1. The number of pyridine rings is 1. The van der Waals surface area contributed by atoms with Crippen molar-refractivity contribution in [2.75, 3.05) is 0 Å². The van der Waals surface area contributed by atoms with Crippen molar-refractivity contribution < 1.29 is 14.5 Å². The maximum atomic E-state index is 13.8. The Labute approximate surface area is 226 Å². The number of fused-ring (bicyclic) bond motifs is 1. The Kier molecular flexibility index (Phi) is 8.22. The second-order valence-corrected chi connectivity index (χ2v) is 11.2. The Morgan fingerprint density at radius 3 is 2.18 bits per heavy atom. The molecule has 2 N–H and O–H groups in total. The lowest BCUT2D eigenvalue weighted by molar-refractivity contribution is -0.387. The van der Waals surface area contributed by atoms with E-state index < -0.39 is 10.8 Å². The van der Waals surface area contributed by atoms with E-state index in [1.165, 1.54) is 12.1 Å². The zero-order chi connectivity index (χ0) is 26.5. The minimum atomic E-state index is -0.477. The highest BCUT2D eigenvalue weighted by Gasteiger charge is 2.31. The first-order valence-corrected chi connectivity index (χ1v) is 14.3. The van der Waals surface area contributed by atoms with Gasteiger partial charge in [-0.1, -0.05) is 62.4 Å². The Morgan fingerprint density at radius 1 is 0.868 bits per heavy atom. The summed E-state index contributed by atoms with van der Waals surface area (Å²) in [4.78, 5) is 44.2. The molecule has 9 heteroatoms. The minimum absolute atomic E-state index is 0.00810. The highest BCUT2D eigenvalue weighted by Crippen LogP contribution is 2.42. The molecule has 2 fully saturated rings. The fourth-order valence-corrected chi connectivity index (χ4v) is 6.75. The molecule has 5 rings (SSSR count). The summed E-state index contributed by atoms with van der Waals surface area (Å²) in [7, 11) is 0. The van der Waals surface area contributed by atoms with Gasteiger partial charge in [0.2, 0.25) is 0 Å². The molecule has 0 aliphatic heterocycles. The molecule has 2 aliphatic carbocycles. The van der Waals surface area contributed by atoms with Crippen molar-refractivity contribution in [2.45, 2.75) is 86.1 Å². The minimum Gasteiger partial charge on any atom is -0.349 e. The highest BCUT2D eigenvalue weighted by atomic mass is 32.2. The molecule has 2 aliphatic rings. The number of hydrogen-bond acceptors (Lipinski definition) is 6. The number of rotatable bonds is 7. The summed E-state index contributed by atoms with van der Waals surface area (Å²) in [5.41, 5.74) is 0.0668. The van der Waals surface area contributed by atoms with Crippen molar-refractivity contribution in [3.63, 3.8) is 0 Å². The van der Waals surface area contributed by atoms with Gasteiger partial charge < -0.3 is 10.6 Å². The van der Waals surface area contributed by atoms with Gasteiger partial charge in [0.15, 0.2) is 0 Å². The zero-order valence-electron chi connectivity index (χ0n) is 21.3. The van der Waals surface area contributed by atoms with Crippen LogP contribution in [0.3, 0.4) is 0 Å². The zero-order valence-corrected chi connectivity index (χ0v) is 22.1. The molecule has 38 heavy (non-hydrogen) atoms. The lowest BCUT2D eigenvalue weighted by atomic mass is 9.94. The molecule has 0 radical (unpaired) electrons. The number of benzene rings is 2. The number of hydrogen-bond donors (Lipinski definition) is 2. The third-order valence-corrected chi connectivity index (χ3v) is 8.73. The molecular formula is C29H32N4O4S. The van der Waals surface area contributed by atoms with Gasteiger partial charge in [-0.2, -0.15) is 0 Å². The van der Waals surface area contributed by atoms with Gasteiger partial charge in [0.1, 0.15) is 4.90 Å². The molecule has 198 valence electrons. The number of nitro benzene ring substituents is 1. The predicted molar refractivity (Wildman–Crippen MR) is 148 cm³/mol. The van der Waals surface area contributed by atoms with E-state index in [2.05, 4.69) is 15.6 Å². The summed E-state index contributed by atoms with van der Waals surface area (Å²) in [5, 5.41) is 20.1. The van der Waals surface area contributed by atoms with Crippen LogP contribution in [0.2, 0.25) is 0 Å². The lowest BCUT2D eigenvalue weighted by Gasteiger charge is -2.25. The van der Waals surface area contributed by atoms with Crippen LogP contribution in [0.4, 0.5) is 5.69 Å². The number of amides is 2. The van der Waals surface area contributed by atoms with E-state index in [9.17, 15) is 19.7 Å². The van der Waals surface area contributed by atoms with Crippen LogP contribution in [-0.4, -0.2) is 33.8 Å². The number of nitrogens with zero attached hydrogens (tertiary/aromatic N) is 2. The van der Waals surface area contributed by atoms with Crippen LogP contribution < -0.4 is 10.6 Å². The van der Waals surface area contributed by atoms with Gasteiger partial charge in [-0.25, -0.2) is 0 Å². The van der Waals surface area contributed by atoms with E-state index in [-0.39, 0.29) is 39.7 Å². The van der Waals surface area contributed by atoms with E-state index in [1.54, 1.807) is 12.4 Å². The molecule has 0 saturated heterocycles. The molecule has 1 aromatic heterocycles. The average molecular weight is 533 g/mol. The first-order valence-electron chi connectivity index (χ1n) is 13.4. The van der Waals surface area contributed by atoms with Crippen molar-refractivity contribution in [1.29, 1.82) is 0 Å². The molecule has 0 bridgehead atoms. The van der Waals surface area contributed by atoms with Gasteiger partial charge in [0.25, 0.3) is 17.5 Å². The molecule has 1 heterocycles. The monoisotopic (exact) mass is 532 g/mol. The molecule has 2 amide bonds. The maximum absolute atomic E-state index is 13.8. The summed E-state index contributed by atoms with van der Waals surface area (Å²) in [5.74, 6) is -0.789. The predicted octanol–water partition coefficient (Wildman–Crippen LogP) is 6.42. The molecular weight excluding hydrogens is 500 g/mol. The Bertz CT molecular complexity index is 1340. The van der Waals surface area contributed by atoms with Gasteiger partial charge in [0.05, 0.1) is 16.1 Å². The van der Waals surface area contributed by atoms with Crippen molar-refractivity contribution in [3.8, 4) is 0 Å². The summed E-state index contributed by atoms with van der Waals surface area (Å²) in [6.07, 6.45) is 13.4. The Morgan fingerprint density at radius 2 is 1.53 bits per heavy atom. The van der Waals surface area contributed by atoms with Gasteiger partial charge in [-0.15, -0.1) is 0 Å². The molecule has 3 aromatic rings. The number of nitrogens with one attached hydrogen (secondary N) is 2. The first kappa shape index (κ1) is 26.2. The molecule has 2 aromatic carbocycles. The van der Waals surface area contributed by atoms with E-state index in [1.807, 2.05) is 24.3 Å². The number of aromatic nitrogens is 1. The van der Waals surface area contributed by atoms with E-state index in [0.29, 0.717) is 0 Å². The topological polar surface area (TPSA) is 114 Å². The fourth-order valence-electron chi connectivity index (χ4n) is 5.54. The summed E-state index contributed by atoms with van der Waals surface area (Å²) < 4.78 is 0. The first-order chi connectivity index (χ1) is 18.5. The Balaban J connectivity index is 1.59. The normalized spacial score (nSPS) is 16.7. The van der Waals surface area contributed by atoms with Gasteiger partial charge in [0, 0.05) is 40.8 Å². The third kappa shape index (κ3) is 5.83.